The maximum Gasteiger partial charge on any atom is 0.416 e. The predicted octanol–water partition coefficient (Wildman–Crippen LogP) is 5.03. The van der Waals surface area contributed by atoms with E-state index >= 15 is 0 Å². The summed E-state index contributed by atoms with van der Waals surface area (Å²) >= 11 is 0. The molecule has 1 amide bonds. The number of carbonyl (C=O) groups excluding carboxylic acids is 1. The van der Waals surface area contributed by atoms with Crippen LogP contribution in [0.25, 0.3) is 10.9 Å². The molecule has 0 aliphatic rings. The van der Waals surface area contributed by atoms with Crippen molar-refractivity contribution in [1.29, 1.82) is 0 Å². The van der Waals surface area contributed by atoms with Crippen LogP contribution < -0.4 is 5.32 Å². The summed E-state index contributed by atoms with van der Waals surface area (Å²) in [5.41, 5.74) is 1.32. The normalized spacial score (nSPS) is 13.0. The number of fused-ring (bicyclic) bond motifs is 1. The lowest BCUT2D eigenvalue weighted by molar-refractivity contribution is -0.137. The number of hydrogen-bond acceptors (Lipinski definition) is 5. The average Bonchev–Trinajstić information content (AvgIpc) is 3.26. The van der Waals surface area contributed by atoms with E-state index in [0.29, 0.717) is 22.2 Å². The summed E-state index contributed by atoms with van der Waals surface area (Å²) in [6, 6.07) is 12.7. The quantitative estimate of drug-likeness (QED) is 0.372. The van der Waals surface area contributed by atoms with Gasteiger partial charge in [0.1, 0.15) is 0 Å². The van der Waals surface area contributed by atoms with Gasteiger partial charge in [-0.3, -0.25) is 14.5 Å². The van der Waals surface area contributed by atoms with E-state index < -0.39 is 27.6 Å². The van der Waals surface area contributed by atoms with E-state index in [2.05, 4.69) is 15.4 Å². The highest BCUT2D eigenvalue weighted by molar-refractivity contribution is 7.91. The number of anilines is 1. The second-order valence-corrected chi connectivity index (χ2v) is 10.6. The number of sulfone groups is 1. The van der Waals surface area contributed by atoms with Gasteiger partial charge in [0.25, 0.3) is 0 Å². The van der Waals surface area contributed by atoms with Gasteiger partial charge in [0.2, 0.25) is 5.91 Å². The van der Waals surface area contributed by atoms with Crippen molar-refractivity contribution in [2.24, 2.45) is 0 Å². The molecule has 4 aromatic rings. The molecular formula is C25H23F3N4O3S. The van der Waals surface area contributed by atoms with Crippen LogP contribution in [0.15, 0.2) is 71.9 Å². The highest BCUT2D eigenvalue weighted by Crippen LogP contribution is 2.31. The van der Waals surface area contributed by atoms with Gasteiger partial charge in [0.15, 0.2) is 9.84 Å². The smallest absolute Gasteiger partial charge is 0.326 e. The lowest BCUT2D eigenvalue weighted by atomic mass is 10.1. The molecule has 0 fully saturated rings. The van der Waals surface area contributed by atoms with Crippen molar-refractivity contribution in [2.45, 2.75) is 37.4 Å². The van der Waals surface area contributed by atoms with E-state index in [1.54, 1.807) is 55.1 Å². The highest BCUT2D eigenvalue weighted by atomic mass is 32.2. The monoisotopic (exact) mass is 516 g/mol. The molecule has 1 N–H and O–H groups in total. The van der Waals surface area contributed by atoms with E-state index in [-0.39, 0.29) is 28.7 Å². The molecule has 0 saturated carbocycles. The number of aromatic nitrogens is 3. The number of carbonyl (C=O) groups is 1. The first-order chi connectivity index (χ1) is 17.0. The van der Waals surface area contributed by atoms with Crippen molar-refractivity contribution in [1.82, 2.24) is 14.8 Å². The average molecular weight is 517 g/mol. The fraction of sp³-hybridized carbons (Fsp3) is 0.240. The number of benzene rings is 2. The summed E-state index contributed by atoms with van der Waals surface area (Å²) in [4.78, 5) is 16.8. The van der Waals surface area contributed by atoms with Gasteiger partial charge in [0, 0.05) is 17.3 Å². The van der Waals surface area contributed by atoms with Crippen molar-refractivity contribution in [2.75, 3.05) is 11.1 Å². The fourth-order valence-corrected chi connectivity index (χ4v) is 4.67. The van der Waals surface area contributed by atoms with Crippen molar-refractivity contribution in [3.05, 3.63) is 83.8 Å². The Morgan fingerprint density at radius 2 is 1.81 bits per heavy atom. The first-order valence-electron chi connectivity index (χ1n) is 11.1. The van der Waals surface area contributed by atoms with Gasteiger partial charge in [-0.2, -0.15) is 18.3 Å². The Bertz CT molecular complexity index is 1510. The molecule has 0 saturated heterocycles. The van der Waals surface area contributed by atoms with Gasteiger partial charge in [-0.15, -0.1) is 0 Å². The van der Waals surface area contributed by atoms with Crippen LogP contribution >= 0.6 is 0 Å². The molecule has 0 spiro atoms. The van der Waals surface area contributed by atoms with Gasteiger partial charge in [-0.05, 0) is 55.0 Å². The number of rotatable bonds is 7. The lowest BCUT2D eigenvalue weighted by Gasteiger charge is -2.15. The minimum atomic E-state index is -4.47. The standard InChI is InChI=1S/C25H23F3N4O3S/c1-3-36(34,35)21-7-4-17(5-8-21)12-24(33)31-20-6-9-23-18(13-20)15-30-32(23)16(2)22-14-19(10-11-29-22)25(26,27)28/h4-11,13-16H,3,12H2,1-2H3,(H,31,33). The molecule has 11 heteroatoms. The molecule has 0 radical (unpaired) electrons. The van der Waals surface area contributed by atoms with Crippen LogP contribution in [0.1, 0.15) is 36.7 Å². The van der Waals surface area contributed by atoms with Crippen LogP contribution in [-0.4, -0.2) is 34.8 Å². The second-order valence-electron chi connectivity index (χ2n) is 8.28. The first kappa shape index (κ1) is 25.4. The molecule has 2 heterocycles. The molecular weight excluding hydrogens is 493 g/mol. The number of hydrogen-bond donors (Lipinski definition) is 1. The van der Waals surface area contributed by atoms with E-state index in [1.807, 2.05) is 0 Å². The van der Waals surface area contributed by atoms with Crippen molar-refractivity contribution >= 4 is 32.3 Å². The summed E-state index contributed by atoms with van der Waals surface area (Å²) in [6.07, 6.45) is -1.71. The van der Waals surface area contributed by atoms with Gasteiger partial charge in [-0.1, -0.05) is 19.1 Å². The number of amides is 1. The third-order valence-electron chi connectivity index (χ3n) is 5.81. The summed E-state index contributed by atoms with van der Waals surface area (Å²) < 4.78 is 64.7. The Kier molecular flexibility index (Phi) is 6.85. The van der Waals surface area contributed by atoms with Crippen LogP contribution in [0.2, 0.25) is 0 Å². The number of nitrogens with zero attached hydrogens (tertiary/aromatic N) is 3. The Morgan fingerprint density at radius 1 is 1.08 bits per heavy atom. The zero-order valence-corrected chi connectivity index (χ0v) is 20.3. The molecule has 2 aromatic carbocycles. The Labute approximate surface area is 205 Å². The van der Waals surface area contributed by atoms with E-state index in [9.17, 15) is 26.4 Å². The predicted molar refractivity (Wildman–Crippen MR) is 129 cm³/mol. The second kappa shape index (κ2) is 9.73. The SMILES string of the molecule is CCS(=O)(=O)c1ccc(CC(=O)Nc2ccc3c(cnn3C(C)c3cc(C(F)(F)F)ccn3)c2)cc1. The van der Waals surface area contributed by atoms with Crippen LogP contribution in [0.5, 0.6) is 0 Å². The molecule has 188 valence electrons. The number of nitrogens with one attached hydrogen (secondary N) is 1. The largest absolute Gasteiger partial charge is 0.416 e. The number of halogens is 3. The fourth-order valence-electron chi connectivity index (χ4n) is 3.79. The maximum atomic E-state index is 13.1. The van der Waals surface area contributed by atoms with Gasteiger partial charge in [-0.25, -0.2) is 8.42 Å². The minimum absolute atomic E-state index is 0.00112. The van der Waals surface area contributed by atoms with Crippen LogP contribution in [-0.2, 0) is 27.2 Å². The summed E-state index contributed by atoms with van der Waals surface area (Å²) in [7, 11) is -3.31. The third-order valence-corrected chi connectivity index (χ3v) is 7.56. The van der Waals surface area contributed by atoms with Crippen LogP contribution in [0.3, 0.4) is 0 Å². The van der Waals surface area contributed by atoms with Crippen LogP contribution in [0.4, 0.5) is 18.9 Å². The molecule has 1 atom stereocenters. The highest BCUT2D eigenvalue weighted by Gasteiger charge is 2.31. The minimum Gasteiger partial charge on any atom is -0.326 e. The number of pyridine rings is 1. The summed E-state index contributed by atoms with van der Waals surface area (Å²) in [5.74, 6) is -0.282. The van der Waals surface area contributed by atoms with E-state index in [1.165, 1.54) is 12.1 Å². The summed E-state index contributed by atoms with van der Waals surface area (Å²) in [5, 5.41) is 7.82. The molecule has 7 nitrogen and oxygen atoms in total. The van der Waals surface area contributed by atoms with Crippen molar-refractivity contribution < 1.29 is 26.4 Å². The van der Waals surface area contributed by atoms with Gasteiger partial charge >= 0.3 is 6.18 Å². The zero-order valence-electron chi connectivity index (χ0n) is 19.5. The molecule has 36 heavy (non-hydrogen) atoms. The van der Waals surface area contributed by atoms with Gasteiger partial charge < -0.3 is 5.32 Å². The van der Waals surface area contributed by atoms with Crippen molar-refractivity contribution in [3.63, 3.8) is 0 Å². The molecule has 0 aliphatic carbocycles. The molecule has 0 aliphatic heterocycles. The third kappa shape index (κ3) is 5.40. The Hall–Kier alpha value is -3.73. The summed E-state index contributed by atoms with van der Waals surface area (Å²) in [6.45, 7) is 3.28. The Balaban J connectivity index is 1.48. The topological polar surface area (TPSA) is 94.0 Å². The van der Waals surface area contributed by atoms with Crippen LogP contribution in [0, 0.1) is 0 Å². The lowest BCUT2D eigenvalue weighted by Crippen LogP contribution is -2.14. The number of alkyl halides is 3. The van der Waals surface area contributed by atoms with E-state index in [0.717, 1.165) is 18.3 Å². The molecule has 0 bridgehead atoms. The molecule has 4 rings (SSSR count). The molecule has 2 aromatic heterocycles. The van der Waals surface area contributed by atoms with Gasteiger partial charge in [0.05, 0.1) is 46.1 Å². The first-order valence-corrected chi connectivity index (χ1v) is 12.7. The molecule has 1 unspecified atom stereocenters. The van der Waals surface area contributed by atoms with Crippen molar-refractivity contribution in [3.8, 4) is 0 Å². The zero-order chi connectivity index (χ0) is 26.1. The maximum absolute atomic E-state index is 13.1. The Morgan fingerprint density at radius 3 is 2.47 bits per heavy atom. The van der Waals surface area contributed by atoms with E-state index in [4.69, 9.17) is 0 Å².